The van der Waals surface area contributed by atoms with Gasteiger partial charge in [-0.1, -0.05) is 6.92 Å². The molecule has 3 aliphatic rings. The molecule has 2 heterocycles. The quantitative estimate of drug-likeness (QED) is 0.640. The summed E-state index contributed by atoms with van der Waals surface area (Å²) in [7, 11) is 0. The number of hydrogen-bond acceptors (Lipinski definition) is 5. The van der Waals surface area contributed by atoms with Crippen LogP contribution in [0.5, 0.6) is 0 Å². The van der Waals surface area contributed by atoms with Gasteiger partial charge in [-0.2, -0.15) is 0 Å². The largest absolute Gasteiger partial charge is 0.430 e. The summed E-state index contributed by atoms with van der Waals surface area (Å²) in [5.74, 6) is -1.37. The number of carbonyl (C=O) groups excluding carboxylic acids is 2. The lowest BCUT2D eigenvalue weighted by Gasteiger charge is -2.46. The van der Waals surface area contributed by atoms with Crippen LogP contribution in [0, 0.1) is 11.8 Å². The topological polar surface area (TPSA) is 61.8 Å². The van der Waals surface area contributed by atoms with Gasteiger partial charge in [-0.15, -0.1) is 0 Å². The van der Waals surface area contributed by atoms with Crippen LogP contribution in [-0.2, 0) is 23.8 Å². The normalized spacial score (nSPS) is 51.7. The fraction of sp³-hybridized carbons (Fsp3) is 0.833. The lowest BCUT2D eigenvalue weighted by atomic mass is 9.70. The van der Waals surface area contributed by atoms with Crippen LogP contribution < -0.4 is 0 Å². The number of esters is 1. The molecule has 3 fully saturated rings. The van der Waals surface area contributed by atoms with Gasteiger partial charge in [0, 0.05) is 31.6 Å². The Morgan fingerprint density at radius 2 is 2.18 bits per heavy atom. The predicted octanol–water partition coefficient (Wildman–Crippen LogP) is 1.01. The molecule has 1 unspecified atom stereocenters. The maximum Gasteiger partial charge on any atom is 0.305 e. The first kappa shape index (κ1) is 11.2. The van der Waals surface area contributed by atoms with Gasteiger partial charge < -0.3 is 14.2 Å². The van der Waals surface area contributed by atoms with E-state index in [1.807, 2.05) is 6.92 Å². The first-order chi connectivity index (χ1) is 7.87. The van der Waals surface area contributed by atoms with Crippen molar-refractivity contribution in [2.75, 3.05) is 0 Å². The summed E-state index contributed by atoms with van der Waals surface area (Å²) >= 11 is 0. The van der Waals surface area contributed by atoms with Gasteiger partial charge in [-0.05, 0) is 6.92 Å². The molecular weight excluding hydrogens is 224 g/mol. The number of carbonyl (C=O) groups is 2. The number of fused-ring (bicyclic) bond motifs is 2. The first-order valence-corrected chi connectivity index (χ1v) is 5.95. The van der Waals surface area contributed by atoms with Gasteiger partial charge in [-0.25, -0.2) is 0 Å². The van der Waals surface area contributed by atoms with Crippen molar-refractivity contribution in [3.8, 4) is 0 Å². The van der Waals surface area contributed by atoms with Gasteiger partial charge in [-0.3, -0.25) is 9.59 Å². The van der Waals surface area contributed by atoms with Gasteiger partial charge in [0.15, 0.2) is 6.29 Å². The molecule has 5 atom stereocenters. The number of Topliss-reactive ketones (excluding diaryl/α,β-unsaturated/α-hetero) is 1. The third kappa shape index (κ3) is 1.27. The Hall–Kier alpha value is -0.940. The van der Waals surface area contributed by atoms with Crippen LogP contribution in [0.25, 0.3) is 0 Å². The molecule has 2 saturated heterocycles. The van der Waals surface area contributed by atoms with Crippen molar-refractivity contribution in [3.63, 3.8) is 0 Å². The molecule has 0 spiro atoms. The maximum absolute atomic E-state index is 12.0. The second-order valence-electron chi connectivity index (χ2n) is 5.49. The summed E-state index contributed by atoms with van der Waals surface area (Å²) < 4.78 is 17.0. The number of ether oxygens (including phenoxy) is 3. The molecular formula is C12H16O5. The third-order valence-corrected chi connectivity index (χ3v) is 4.27. The van der Waals surface area contributed by atoms with Crippen molar-refractivity contribution in [2.24, 2.45) is 11.8 Å². The van der Waals surface area contributed by atoms with Gasteiger partial charge in [0.1, 0.15) is 11.4 Å². The molecule has 0 amide bonds. The molecule has 1 aliphatic carbocycles. The highest BCUT2D eigenvalue weighted by atomic mass is 16.8. The van der Waals surface area contributed by atoms with Crippen molar-refractivity contribution in [1.82, 2.24) is 0 Å². The van der Waals surface area contributed by atoms with Crippen LogP contribution in [0.3, 0.4) is 0 Å². The minimum atomic E-state index is -1.06. The Morgan fingerprint density at radius 1 is 1.47 bits per heavy atom. The summed E-state index contributed by atoms with van der Waals surface area (Å²) in [6, 6.07) is 0. The molecule has 5 heteroatoms. The van der Waals surface area contributed by atoms with Crippen molar-refractivity contribution in [3.05, 3.63) is 0 Å². The SMILES string of the molecule is CC(=O)O[C@@]12C[C@H]3C(=O)C[C@]1(C)O[C@@H](O2)C3C. The van der Waals surface area contributed by atoms with E-state index >= 15 is 0 Å². The summed E-state index contributed by atoms with van der Waals surface area (Å²) in [4.78, 5) is 23.2. The van der Waals surface area contributed by atoms with Crippen LogP contribution in [0.1, 0.15) is 33.6 Å². The van der Waals surface area contributed by atoms with E-state index in [9.17, 15) is 9.59 Å². The smallest absolute Gasteiger partial charge is 0.305 e. The predicted molar refractivity (Wildman–Crippen MR) is 55.8 cm³/mol. The fourth-order valence-electron chi connectivity index (χ4n) is 3.28. The minimum Gasteiger partial charge on any atom is -0.430 e. The van der Waals surface area contributed by atoms with Crippen molar-refractivity contribution >= 4 is 11.8 Å². The van der Waals surface area contributed by atoms with Crippen LogP contribution in [-0.4, -0.2) is 29.4 Å². The van der Waals surface area contributed by atoms with Crippen LogP contribution in [0.4, 0.5) is 0 Å². The van der Waals surface area contributed by atoms with E-state index in [2.05, 4.69) is 0 Å². The Balaban J connectivity index is 2.04. The van der Waals surface area contributed by atoms with Gasteiger partial charge >= 0.3 is 5.97 Å². The summed E-state index contributed by atoms with van der Waals surface area (Å²) in [5, 5.41) is 0. The minimum absolute atomic E-state index is 0.0236. The van der Waals surface area contributed by atoms with E-state index in [0.29, 0.717) is 6.42 Å². The van der Waals surface area contributed by atoms with Crippen molar-refractivity contribution in [1.29, 1.82) is 0 Å². The van der Waals surface area contributed by atoms with E-state index in [0.717, 1.165) is 0 Å². The highest BCUT2D eigenvalue weighted by molar-refractivity contribution is 5.84. The zero-order valence-electron chi connectivity index (χ0n) is 10.2. The highest BCUT2D eigenvalue weighted by Gasteiger charge is 2.71. The molecule has 0 aromatic heterocycles. The molecule has 3 rings (SSSR count). The second-order valence-corrected chi connectivity index (χ2v) is 5.49. The summed E-state index contributed by atoms with van der Waals surface area (Å²) in [5.41, 5.74) is -0.832. The lowest BCUT2D eigenvalue weighted by Crippen LogP contribution is -2.60. The molecule has 5 nitrogen and oxygen atoms in total. The molecule has 0 radical (unpaired) electrons. The molecule has 0 aromatic rings. The summed E-state index contributed by atoms with van der Waals surface area (Å²) in [6.45, 7) is 5.09. The highest BCUT2D eigenvalue weighted by Crippen LogP contribution is 2.57. The van der Waals surface area contributed by atoms with Gasteiger partial charge in [0.25, 0.3) is 0 Å². The third-order valence-electron chi connectivity index (χ3n) is 4.27. The molecule has 94 valence electrons. The lowest BCUT2D eigenvalue weighted by molar-refractivity contribution is -0.277. The van der Waals surface area contributed by atoms with E-state index in [-0.39, 0.29) is 24.0 Å². The van der Waals surface area contributed by atoms with Crippen LogP contribution in [0.2, 0.25) is 0 Å². The average molecular weight is 240 g/mol. The fourth-order valence-corrected chi connectivity index (χ4v) is 3.28. The zero-order chi connectivity index (χ0) is 12.4. The molecule has 2 aliphatic heterocycles. The standard InChI is InChI=1S/C12H16O5/c1-6-8-4-12(15-7(2)13)11(3,5-9(8)14)16-10(6)17-12/h6,8,10H,4-5H2,1-3H3/t6?,8-,10+,11+,12-/m1/s1. The van der Waals surface area contributed by atoms with Crippen LogP contribution >= 0.6 is 0 Å². The number of rotatable bonds is 1. The van der Waals surface area contributed by atoms with E-state index in [1.165, 1.54) is 6.92 Å². The first-order valence-electron chi connectivity index (χ1n) is 5.95. The Labute approximate surface area is 99.4 Å². The Bertz CT molecular complexity index is 406. The summed E-state index contributed by atoms with van der Waals surface area (Å²) in [6.07, 6.45) is 0.232. The molecule has 0 aromatic carbocycles. The Morgan fingerprint density at radius 3 is 2.82 bits per heavy atom. The van der Waals surface area contributed by atoms with E-state index in [4.69, 9.17) is 14.2 Å². The van der Waals surface area contributed by atoms with Crippen molar-refractivity contribution < 1.29 is 23.8 Å². The van der Waals surface area contributed by atoms with Gasteiger partial charge in [0.05, 0.1) is 0 Å². The maximum atomic E-state index is 12.0. The molecule has 3 bridgehead atoms. The molecule has 1 saturated carbocycles. The van der Waals surface area contributed by atoms with E-state index < -0.39 is 23.6 Å². The second kappa shape index (κ2) is 3.09. The molecule has 17 heavy (non-hydrogen) atoms. The number of hydrogen-bond donors (Lipinski definition) is 0. The van der Waals surface area contributed by atoms with E-state index in [1.54, 1.807) is 6.92 Å². The Kier molecular flexibility index (Phi) is 2.03. The van der Waals surface area contributed by atoms with Crippen LogP contribution in [0.15, 0.2) is 0 Å². The number of ketones is 1. The van der Waals surface area contributed by atoms with Gasteiger partial charge in [0.2, 0.25) is 5.79 Å². The molecule has 0 N–H and O–H groups in total. The zero-order valence-corrected chi connectivity index (χ0v) is 10.2. The average Bonchev–Trinajstić information content (AvgIpc) is 2.39. The monoisotopic (exact) mass is 240 g/mol. The van der Waals surface area contributed by atoms with Crippen molar-refractivity contribution in [2.45, 2.75) is 51.3 Å².